The molecule has 3 aliphatic rings. The summed E-state index contributed by atoms with van der Waals surface area (Å²) >= 11 is 0. The van der Waals surface area contributed by atoms with Gasteiger partial charge in [-0.15, -0.1) is 0 Å². The Labute approximate surface area is 112 Å². The molecule has 1 unspecified atom stereocenters. The summed E-state index contributed by atoms with van der Waals surface area (Å²) in [6.07, 6.45) is 3.45. The van der Waals surface area contributed by atoms with Gasteiger partial charge < -0.3 is 5.32 Å². The fourth-order valence-electron chi connectivity index (χ4n) is 3.86. The predicted octanol–water partition coefficient (Wildman–Crippen LogP) is 3.61. The Morgan fingerprint density at radius 2 is 1.94 bits per heavy atom. The van der Waals surface area contributed by atoms with Gasteiger partial charge in [-0.2, -0.15) is 0 Å². The molecule has 0 spiro atoms. The number of carbonyl (C=O) groups excluding carboxylic acids is 1. The Kier molecular flexibility index (Phi) is 3.28. The third kappa shape index (κ3) is 1.98. The molecule has 2 nitrogen and oxygen atoms in total. The zero-order valence-corrected chi connectivity index (χ0v) is 12.8. The van der Waals surface area contributed by atoms with Crippen molar-refractivity contribution in [1.29, 1.82) is 0 Å². The lowest BCUT2D eigenvalue weighted by Gasteiger charge is -2.62. The molecule has 3 saturated carbocycles. The topological polar surface area (TPSA) is 29.1 Å². The molecule has 0 aromatic heterocycles. The van der Waals surface area contributed by atoms with Gasteiger partial charge in [0.05, 0.1) is 0 Å². The van der Waals surface area contributed by atoms with Crippen LogP contribution in [-0.4, -0.2) is 11.9 Å². The molecule has 2 bridgehead atoms. The zero-order chi connectivity index (χ0) is 13.7. The van der Waals surface area contributed by atoms with Crippen molar-refractivity contribution >= 4 is 5.91 Å². The largest absolute Gasteiger partial charge is 0.353 e. The van der Waals surface area contributed by atoms with Gasteiger partial charge in [0.1, 0.15) is 0 Å². The number of carbonyl (C=O) groups is 1. The van der Waals surface area contributed by atoms with Crippen LogP contribution in [0.5, 0.6) is 0 Å². The molecule has 1 amide bonds. The van der Waals surface area contributed by atoms with Crippen molar-refractivity contribution in [2.24, 2.45) is 28.6 Å². The molecule has 104 valence electrons. The Morgan fingerprint density at radius 3 is 2.39 bits per heavy atom. The fourth-order valence-corrected chi connectivity index (χ4v) is 3.86. The molecule has 0 aliphatic heterocycles. The molecule has 3 aliphatic carbocycles. The summed E-state index contributed by atoms with van der Waals surface area (Å²) in [5.74, 6) is 2.47. The van der Waals surface area contributed by atoms with Crippen molar-refractivity contribution in [3.8, 4) is 0 Å². The lowest BCUT2D eigenvalue weighted by Crippen LogP contribution is -2.61. The molecule has 0 saturated heterocycles. The minimum absolute atomic E-state index is 0.225. The maximum atomic E-state index is 12.3. The molecule has 3 fully saturated rings. The van der Waals surface area contributed by atoms with Gasteiger partial charge in [0.2, 0.25) is 5.91 Å². The van der Waals surface area contributed by atoms with E-state index in [1.165, 1.54) is 12.8 Å². The lowest BCUT2D eigenvalue weighted by molar-refractivity contribution is -0.140. The minimum Gasteiger partial charge on any atom is -0.353 e. The molecular weight excluding hydrogens is 222 g/mol. The number of hydrogen-bond donors (Lipinski definition) is 1. The van der Waals surface area contributed by atoms with Crippen molar-refractivity contribution < 1.29 is 4.79 Å². The highest BCUT2D eigenvalue weighted by Gasteiger charge is 2.56. The summed E-state index contributed by atoms with van der Waals surface area (Å²) in [6.45, 7) is 13.3. The summed E-state index contributed by atoms with van der Waals surface area (Å²) in [5, 5.41) is 3.32. The van der Waals surface area contributed by atoms with Gasteiger partial charge >= 0.3 is 0 Å². The van der Waals surface area contributed by atoms with Gasteiger partial charge in [0.25, 0.3) is 0 Å². The SMILES string of the molecule is CCC(C)(C)C(=O)N[C@@H]1C[C@H]2C[C@@H](C1C)C2(C)C. The van der Waals surface area contributed by atoms with Crippen LogP contribution in [-0.2, 0) is 4.79 Å². The van der Waals surface area contributed by atoms with E-state index in [-0.39, 0.29) is 11.3 Å². The Bertz CT molecular complexity index is 345. The third-order valence-electron chi connectivity index (χ3n) is 6.17. The lowest BCUT2D eigenvalue weighted by atomic mass is 9.44. The molecule has 2 heteroatoms. The molecular formula is C16H29NO. The van der Waals surface area contributed by atoms with Gasteiger partial charge in [-0.3, -0.25) is 4.79 Å². The second-order valence-corrected chi connectivity index (χ2v) is 7.77. The van der Waals surface area contributed by atoms with E-state index in [0.717, 1.165) is 18.3 Å². The maximum absolute atomic E-state index is 12.3. The Hall–Kier alpha value is -0.530. The van der Waals surface area contributed by atoms with E-state index in [9.17, 15) is 4.79 Å². The third-order valence-corrected chi connectivity index (χ3v) is 6.17. The van der Waals surface area contributed by atoms with E-state index < -0.39 is 0 Å². The van der Waals surface area contributed by atoms with Gasteiger partial charge in [-0.25, -0.2) is 0 Å². The molecule has 0 radical (unpaired) electrons. The highest BCUT2D eigenvalue weighted by molar-refractivity contribution is 5.82. The van der Waals surface area contributed by atoms with E-state index in [1.54, 1.807) is 0 Å². The monoisotopic (exact) mass is 251 g/mol. The highest BCUT2D eigenvalue weighted by atomic mass is 16.2. The molecule has 0 heterocycles. The second kappa shape index (κ2) is 4.25. The van der Waals surface area contributed by atoms with Crippen molar-refractivity contribution in [3.63, 3.8) is 0 Å². The number of amides is 1. The van der Waals surface area contributed by atoms with Crippen LogP contribution in [0.15, 0.2) is 0 Å². The van der Waals surface area contributed by atoms with Crippen LogP contribution in [0.25, 0.3) is 0 Å². The van der Waals surface area contributed by atoms with Gasteiger partial charge in [0.15, 0.2) is 0 Å². The number of hydrogen-bond acceptors (Lipinski definition) is 1. The number of fused-ring (bicyclic) bond motifs is 2. The zero-order valence-electron chi connectivity index (χ0n) is 12.8. The first-order valence-electron chi connectivity index (χ1n) is 7.51. The fraction of sp³-hybridized carbons (Fsp3) is 0.938. The second-order valence-electron chi connectivity index (χ2n) is 7.77. The maximum Gasteiger partial charge on any atom is 0.225 e. The van der Waals surface area contributed by atoms with Gasteiger partial charge in [0, 0.05) is 11.5 Å². The molecule has 0 aromatic rings. The first-order chi connectivity index (χ1) is 8.20. The molecule has 3 rings (SSSR count). The van der Waals surface area contributed by atoms with Crippen LogP contribution in [0.4, 0.5) is 0 Å². The summed E-state index contributed by atoms with van der Waals surface area (Å²) in [4.78, 5) is 12.3. The standard InChI is InChI=1S/C16H29NO/c1-7-15(3,4)14(18)17-13-9-11-8-12(10(13)2)16(11,5)6/h10-13H,7-9H2,1-6H3,(H,17,18)/t10?,11-,12+,13-/m1/s1. The normalized spacial score (nSPS) is 37.9. The van der Waals surface area contributed by atoms with E-state index in [0.29, 0.717) is 17.4 Å². The quantitative estimate of drug-likeness (QED) is 0.815. The van der Waals surface area contributed by atoms with Crippen LogP contribution >= 0.6 is 0 Å². The van der Waals surface area contributed by atoms with Crippen LogP contribution in [0.1, 0.15) is 60.8 Å². The van der Waals surface area contributed by atoms with E-state index in [1.807, 2.05) is 13.8 Å². The van der Waals surface area contributed by atoms with Crippen molar-refractivity contribution in [2.75, 3.05) is 0 Å². The molecule has 1 N–H and O–H groups in total. The number of nitrogens with one attached hydrogen (secondary N) is 1. The first kappa shape index (κ1) is 13.9. The van der Waals surface area contributed by atoms with E-state index in [2.05, 4.69) is 33.0 Å². The summed E-state index contributed by atoms with van der Waals surface area (Å²) in [7, 11) is 0. The first-order valence-corrected chi connectivity index (χ1v) is 7.51. The Morgan fingerprint density at radius 1 is 1.33 bits per heavy atom. The summed E-state index contributed by atoms with van der Waals surface area (Å²) in [5.41, 5.74) is 0.276. The predicted molar refractivity (Wildman–Crippen MR) is 75.2 cm³/mol. The van der Waals surface area contributed by atoms with Crippen LogP contribution in [0.3, 0.4) is 0 Å². The van der Waals surface area contributed by atoms with Gasteiger partial charge in [-0.05, 0) is 42.4 Å². The molecule has 0 aromatic carbocycles. The smallest absolute Gasteiger partial charge is 0.225 e. The van der Waals surface area contributed by atoms with Crippen LogP contribution in [0.2, 0.25) is 0 Å². The van der Waals surface area contributed by atoms with Crippen molar-refractivity contribution in [1.82, 2.24) is 5.32 Å². The van der Waals surface area contributed by atoms with Crippen molar-refractivity contribution in [3.05, 3.63) is 0 Å². The van der Waals surface area contributed by atoms with Crippen molar-refractivity contribution in [2.45, 2.75) is 66.8 Å². The van der Waals surface area contributed by atoms with E-state index in [4.69, 9.17) is 0 Å². The minimum atomic E-state index is -0.225. The number of rotatable bonds is 3. The van der Waals surface area contributed by atoms with E-state index >= 15 is 0 Å². The van der Waals surface area contributed by atoms with Crippen LogP contribution in [0, 0.1) is 28.6 Å². The summed E-state index contributed by atoms with van der Waals surface area (Å²) in [6, 6.07) is 0.403. The molecule has 18 heavy (non-hydrogen) atoms. The summed E-state index contributed by atoms with van der Waals surface area (Å²) < 4.78 is 0. The highest BCUT2D eigenvalue weighted by Crippen LogP contribution is 2.61. The van der Waals surface area contributed by atoms with Gasteiger partial charge in [-0.1, -0.05) is 41.5 Å². The van der Waals surface area contributed by atoms with Crippen LogP contribution < -0.4 is 5.32 Å². The Balaban J connectivity index is 1.99. The molecule has 4 atom stereocenters. The average Bonchev–Trinajstić information content (AvgIpc) is 2.30. The average molecular weight is 251 g/mol.